The lowest BCUT2D eigenvalue weighted by molar-refractivity contribution is -0.135. The molecule has 0 fully saturated rings. The second kappa shape index (κ2) is 25.9. The fourth-order valence-electron chi connectivity index (χ4n) is 5.73. The molecule has 0 saturated heterocycles. The molecule has 0 aliphatic heterocycles. The zero-order valence-electron chi connectivity index (χ0n) is 36.1. The van der Waals surface area contributed by atoms with Crippen LogP contribution < -0.4 is 48.3 Å². The third-order valence-corrected chi connectivity index (χ3v) is 9.47. The van der Waals surface area contributed by atoms with Gasteiger partial charge in [0.2, 0.25) is 47.3 Å². The van der Waals surface area contributed by atoms with Crippen molar-refractivity contribution in [3.8, 4) is 0 Å². The zero-order chi connectivity index (χ0) is 45.0. The molecule has 59 heavy (non-hydrogen) atoms. The van der Waals surface area contributed by atoms with Crippen LogP contribution in [0.5, 0.6) is 0 Å². The van der Waals surface area contributed by atoms with Gasteiger partial charge < -0.3 is 53.1 Å². The maximum absolute atomic E-state index is 13.6. The van der Waals surface area contributed by atoms with Crippen molar-refractivity contribution >= 4 is 53.5 Å². The summed E-state index contributed by atoms with van der Waals surface area (Å²) in [4.78, 5) is 116. The van der Waals surface area contributed by atoms with E-state index in [1.165, 1.54) is 13.8 Å². The number of nitrogens with two attached hydrogens (primary N) is 1. The molecule has 0 heterocycles. The fourth-order valence-corrected chi connectivity index (χ4v) is 5.73. The molecule has 18 heteroatoms. The van der Waals surface area contributed by atoms with Gasteiger partial charge in [-0.25, -0.2) is 0 Å². The molecule has 0 bridgehead atoms. The van der Waals surface area contributed by atoms with Gasteiger partial charge in [-0.05, 0) is 49.5 Å². The maximum atomic E-state index is 13.6. The molecule has 10 N–H and O–H groups in total. The molecule has 8 amide bonds. The van der Waals surface area contributed by atoms with Crippen LogP contribution in [-0.4, -0.2) is 109 Å². The number of hydrogen-bond donors (Lipinski definition) is 9. The number of carbonyl (C=O) groups is 9. The molecule has 18 nitrogen and oxygen atoms in total. The van der Waals surface area contributed by atoms with E-state index in [0.29, 0.717) is 19.1 Å². The maximum Gasteiger partial charge on any atom is 0.243 e. The smallest absolute Gasteiger partial charge is 0.243 e. The first-order chi connectivity index (χ1) is 27.6. The number of aldehydes is 1. The summed E-state index contributed by atoms with van der Waals surface area (Å²) in [5.41, 5.74) is 6.35. The Hall–Kier alpha value is -5.39. The van der Waals surface area contributed by atoms with Gasteiger partial charge in [-0.15, -0.1) is 0 Å². The first kappa shape index (κ1) is 51.6. The van der Waals surface area contributed by atoms with Gasteiger partial charge in [0, 0.05) is 6.42 Å². The van der Waals surface area contributed by atoms with Gasteiger partial charge in [-0.1, -0.05) is 92.1 Å². The highest BCUT2D eigenvalue weighted by molar-refractivity contribution is 5.96. The molecule has 0 aliphatic rings. The van der Waals surface area contributed by atoms with Crippen molar-refractivity contribution in [1.82, 2.24) is 42.5 Å². The van der Waals surface area contributed by atoms with Crippen molar-refractivity contribution in [3.05, 3.63) is 35.9 Å². The molecular weight excluding hydrogens is 763 g/mol. The van der Waals surface area contributed by atoms with Crippen LogP contribution in [0.4, 0.5) is 0 Å². The van der Waals surface area contributed by atoms with E-state index in [9.17, 15) is 43.2 Å². The topological polar surface area (TPSA) is 276 Å². The summed E-state index contributed by atoms with van der Waals surface area (Å²) in [5.74, 6) is -6.13. The SMILES string of the molecule is CC[C@H](C)[C@H](NC(=O)CNC(=O)[C@@H](NC(=O)[C@H](C)N)C(C)C)C(=O)NCC(=O)N[C@@H](C)C(=O)N[C@H](C(=O)N[C@@H](Cc1ccccc1)C(=O)N[C@H](C=O)CC(C)C)C(C)C. The van der Waals surface area contributed by atoms with Gasteiger partial charge in [-0.3, -0.25) is 38.4 Å². The Balaban J connectivity index is 2.90. The number of nitrogens with one attached hydrogen (secondary N) is 8. The van der Waals surface area contributed by atoms with E-state index in [0.717, 1.165) is 5.56 Å². The van der Waals surface area contributed by atoms with Crippen molar-refractivity contribution < 1.29 is 43.2 Å². The van der Waals surface area contributed by atoms with E-state index in [-0.39, 0.29) is 24.2 Å². The lowest BCUT2D eigenvalue weighted by Gasteiger charge is -2.27. The van der Waals surface area contributed by atoms with Gasteiger partial charge in [0.25, 0.3) is 0 Å². The van der Waals surface area contributed by atoms with Crippen molar-refractivity contribution in [3.63, 3.8) is 0 Å². The minimum absolute atomic E-state index is 0.120. The monoisotopic (exact) mass is 830 g/mol. The predicted molar refractivity (Wildman–Crippen MR) is 222 cm³/mol. The Morgan fingerprint density at radius 2 is 1.10 bits per heavy atom. The second-order valence-electron chi connectivity index (χ2n) is 16.0. The average molecular weight is 830 g/mol. The third-order valence-electron chi connectivity index (χ3n) is 9.47. The summed E-state index contributed by atoms with van der Waals surface area (Å²) < 4.78 is 0. The molecule has 0 aliphatic carbocycles. The highest BCUT2D eigenvalue weighted by atomic mass is 16.2. The van der Waals surface area contributed by atoms with Gasteiger partial charge in [-0.2, -0.15) is 0 Å². The molecule has 0 aromatic heterocycles. The Morgan fingerprint density at radius 3 is 1.59 bits per heavy atom. The summed E-state index contributed by atoms with van der Waals surface area (Å²) in [5, 5.41) is 20.6. The Bertz CT molecular complexity index is 1590. The minimum atomic E-state index is -1.15. The van der Waals surface area contributed by atoms with Crippen molar-refractivity contribution in [2.24, 2.45) is 29.4 Å². The highest BCUT2D eigenvalue weighted by Crippen LogP contribution is 2.10. The molecule has 8 atom stereocenters. The Morgan fingerprint density at radius 1 is 0.593 bits per heavy atom. The number of amides is 8. The van der Waals surface area contributed by atoms with Crippen LogP contribution >= 0.6 is 0 Å². The molecule has 1 aromatic carbocycles. The van der Waals surface area contributed by atoms with Crippen LogP contribution in [-0.2, 0) is 49.6 Å². The Kier molecular flexibility index (Phi) is 22.6. The van der Waals surface area contributed by atoms with Crippen LogP contribution in [0.1, 0.15) is 87.6 Å². The largest absolute Gasteiger partial charge is 0.345 e. The molecule has 0 unspecified atom stereocenters. The van der Waals surface area contributed by atoms with E-state index in [1.807, 2.05) is 19.9 Å². The summed E-state index contributed by atoms with van der Waals surface area (Å²) in [6.07, 6.45) is 1.67. The normalized spacial score (nSPS) is 15.2. The molecule has 1 rings (SSSR count). The van der Waals surface area contributed by atoms with Gasteiger partial charge in [0.05, 0.1) is 25.2 Å². The number of hydrogen-bond acceptors (Lipinski definition) is 10. The van der Waals surface area contributed by atoms with Gasteiger partial charge in [0.1, 0.15) is 36.5 Å². The molecule has 1 aromatic rings. The molecule has 0 radical (unpaired) electrons. The number of benzene rings is 1. The highest BCUT2D eigenvalue weighted by Gasteiger charge is 2.32. The summed E-state index contributed by atoms with van der Waals surface area (Å²) >= 11 is 0. The van der Waals surface area contributed by atoms with Crippen LogP contribution in [0.15, 0.2) is 30.3 Å². The second-order valence-corrected chi connectivity index (χ2v) is 16.0. The Labute approximate surface area is 347 Å². The van der Waals surface area contributed by atoms with Crippen molar-refractivity contribution in [1.29, 1.82) is 0 Å². The molecule has 0 saturated carbocycles. The minimum Gasteiger partial charge on any atom is -0.345 e. The predicted octanol–water partition coefficient (Wildman–Crippen LogP) is -0.660. The quantitative estimate of drug-likeness (QED) is 0.0562. The van der Waals surface area contributed by atoms with E-state index in [4.69, 9.17) is 5.73 Å². The summed E-state index contributed by atoms with van der Waals surface area (Å²) in [7, 11) is 0. The van der Waals surface area contributed by atoms with E-state index >= 15 is 0 Å². The van der Waals surface area contributed by atoms with Crippen molar-refractivity contribution in [2.45, 2.75) is 131 Å². The number of rotatable bonds is 25. The zero-order valence-corrected chi connectivity index (χ0v) is 36.1. The average Bonchev–Trinajstić information content (AvgIpc) is 3.17. The van der Waals surface area contributed by atoms with Gasteiger partial charge in [0.15, 0.2) is 0 Å². The number of carbonyl (C=O) groups excluding carboxylic acids is 9. The first-order valence-electron chi connectivity index (χ1n) is 20.2. The van der Waals surface area contributed by atoms with Gasteiger partial charge >= 0.3 is 0 Å². The lowest BCUT2D eigenvalue weighted by atomic mass is 9.98. The lowest BCUT2D eigenvalue weighted by Crippen LogP contribution is -2.59. The standard InChI is InChI=1S/C41H67N9O9/c1-11-25(8)35(48-32(53)20-43-39(57)33(23(4)5)49-36(54)26(9)42)40(58)44-19-31(52)45-27(10)37(55)50-34(24(6)7)41(59)47-30(18-28-15-13-12-14-16-28)38(56)46-29(21-51)17-22(2)3/h12-16,21-27,29-30,33-35H,11,17-20,42H2,1-10H3,(H,43,57)(H,44,58)(H,45,52)(H,46,56)(H,47,59)(H,48,53)(H,49,54)(H,50,55)/t25-,26-,27-,29-,30-,33-,34-,35-/m0/s1. The van der Waals surface area contributed by atoms with Crippen LogP contribution in [0.2, 0.25) is 0 Å². The third kappa shape index (κ3) is 18.8. The molecule has 0 spiro atoms. The molecular formula is C41H67N9O9. The van der Waals surface area contributed by atoms with E-state index < -0.39 is 109 Å². The summed E-state index contributed by atoms with van der Waals surface area (Å²) in [6.45, 7) is 16.0. The van der Waals surface area contributed by atoms with E-state index in [2.05, 4.69) is 42.5 Å². The van der Waals surface area contributed by atoms with Crippen LogP contribution in [0.25, 0.3) is 0 Å². The van der Waals surface area contributed by atoms with Crippen LogP contribution in [0, 0.1) is 23.7 Å². The van der Waals surface area contributed by atoms with Crippen molar-refractivity contribution in [2.75, 3.05) is 13.1 Å². The first-order valence-corrected chi connectivity index (χ1v) is 20.2. The summed E-state index contributed by atoms with van der Waals surface area (Å²) in [6, 6.07) is 2.05. The molecule has 330 valence electrons. The van der Waals surface area contributed by atoms with Crippen LogP contribution in [0.3, 0.4) is 0 Å². The van der Waals surface area contributed by atoms with E-state index in [1.54, 1.807) is 65.8 Å². The fraction of sp³-hybridized carbons (Fsp3) is 0.634.